The number of hydrogen-bond acceptors (Lipinski definition) is 5. The fraction of sp³-hybridized carbons (Fsp3) is 0.278. The van der Waals surface area contributed by atoms with Gasteiger partial charge in [0.25, 0.3) is 11.6 Å². The topological polar surface area (TPSA) is 81.9 Å². The Balaban J connectivity index is 2.37. The van der Waals surface area contributed by atoms with E-state index in [1.807, 2.05) is 0 Å². The van der Waals surface area contributed by atoms with Gasteiger partial charge < -0.3 is 14.4 Å². The van der Waals surface area contributed by atoms with Crippen molar-refractivity contribution in [2.75, 3.05) is 20.8 Å². The van der Waals surface area contributed by atoms with Crippen molar-refractivity contribution in [3.63, 3.8) is 0 Å². The van der Waals surface area contributed by atoms with E-state index in [0.29, 0.717) is 16.7 Å². The molecule has 0 saturated carbocycles. The minimum atomic E-state index is -0.623. The van der Waals surface area contributed by atoms with Crippen LogP contribution in [0.25, 0.3) is 0 Å². The van der Waals surface area contributed by atoms with E-state index in [-0.39, 0.29) is 29.3 Å². The Bertz CT molecular complexity index is 873. The van der Waals surface area contributed by atoms with Crippen LogP contribution in [0, 0.1) is 10.1 Å². The summed E-state index contributed by atoms with van der Waals surface area (Å²) in [6, 6.07) is 7.51. The first-order chi connectivity index (χ1) is 12.8. The predicted molar refractivity (Wildman–Crippen MR) is 103 cm³/mol. The van der Waals surface area contributed by atoms with E-state index in [1.165, 1.54) is 31.2 Å². The number of nitro groups is 1. The maximum atomic E-state index is 12.8. The molecule has 7 nitrogen and oxygen atoms in total. The number of ether oxygens (including phenoxy) is 2. The highest BCUT2D eigenvalue weighted by atomic mass is 35.5. The van der Waals surface area contributed by atoms with Gasteiger partial charge in [0.15, 0.2) is 11.5 Å². The van der Waals surface area contributed by atoms with Crippen molar-refractivity contribution in [3.05, 3.63) is 61.6 Å². The van der Waals surface area contributed by atoms with Gasteiger partial charge in [-0.2, -0.15) is 0 Å². The van der Waals surface area contributed by atoms with Crippen molar-refractivity contribution < 1.29 is 19.2 Å². The number of hydrogen-bond donors (Lipinski definition) is 0. The second-order valence-electron chi connectivity index (χ2n) is 5.62. The standard InChI is InChI=1S/C18H18Cl2N2O5/c1-4-27-17-9-15(22(24)25)12(8-16(17)26-3)18(23)21(2)10-11-5-6-13(19)14(20)7-11/h5-9H,4,10H2,1-3H3. The first-order valence-corrected chi connectivity index (χ1v) is 8.72. The Morgan fingerprint density at radius 1 is 1.19 bits per heavy atom. The van der Waals surface area contributed by atoms with Gasteiger partial charge in [-0.1, -0.05) is 29.3 Å². The Morgan fingerprint density at radius 3 is 2.44 bits per heavy atom. The van der Waals surface area contributed by atoms with Crippen molar-refractivity contribution in [1.82, 2.24) is 4.90 Å². The summed E-state index contributed by atoms with van der Waals surface area (Å²) >= 11 is 11.9. The molecule has 2 aromatic carbocycles. The van der Waals surface area contributed by atoms with Crippen LogP contribution in [0.3, 0.4) is 0 Å². The molecule has 0 aliphatic heterocycles. The summed E-state index contributed by atoms with van der Waals surface area (Å²) in [6.07, 6.45) is 0. The fourth-order valence-corrected chi connectivity index (χ4v) is 2.81. The third-order valence-corrected chi connectivity index (χ3v) is 4.50. The normalized spacial score (nSPS) is 10.4. The van der Waals surface area contributed by atoms with Crippen molar-refractivity contribution in [2.24, 2.45) is 0 Å². The largest absolute Gasteiger partial charge is 0.493 e. The molecule has 1 amide bonds. The molecule has 2 aromatic rings. The van der Waals surface area contributed by atoms with Crippen LogP contribution in [0.2, 0.25) is 10.0 Å². The highest BCUT2D eigenvalue weighted by molar-refractivity contribution is 6.42. The maximum absolute atomic E-state index is 12.8. The molecule has 0 aliphatic carbocycles. The van der Waals surface area contributed by atoms with Gasteiger partial charge in [0.2, 0.25) is 0 Å². The van der Waals surface area contributed by atoms with E-state index in [0.717, 1.165) is 5.56 Å². The van der Waals surface area contributed by atoms with Gasteiger partial charge in [0.1, 0.15) is 5.56 Å². The SMILES string of the molecule is CCOc1cc([N+](=O)[O-])c(C(=O)N(C)Cc2ccc(Cl)c(Cl)c2)cc1OC. The van der Waals surface area contributed by atoms with Crippen LogP contribution in [-0.2, 0) is 6.54 Å². The molecule has 0 aromatic heterocycles. The van der Waals surface area contributed by atoms with Crippen LogP contribution in [0.5, 0.6) is 11.5 Å². The van der Waals surface area contributed by atoms with E-state index < -0.39 is 10.8 Å². The van der Waals surface area contributed by atoms with Gasteiger partial charge >= 0.3 is 0 Å². The molecule has 0 radical (unpaired) electrons. The van der Waals surface area contributed by atoms with E-state index in [1.54, 1.807) is 25.1 Å². The van der Waals surface area contributed by atoms with Crippen LogP contribution >= 0.6 is 23.2 Å². The third kappa shape index (κ3) is 4.81. The number of rotatable bonds is 7. The maximum Gasteiger partial charge on any atom is 0.286 e. The lowest BCUT2D eigenvalue weighted by Gasteiger charge is -2.19. The first kappa shape index (κ1) is 20.8. The van der Waals surface area contributed by atoms with Crippen molar-refractivity contribution in [2.45, 2.75) is 13.5 Å². The van der Waals surface area contributed by atoms with Crippen LogP contribution in [0.4, 0.5) is 5.69 Å². The fourth-order valence-electron chi connectivity index (χ4n) is 2.49. The first-order valence-electron chi connectivity index (χ1n) is 7.97. The monoisotopic (exact) mass is 412 g/mol. The summed E-state index contributed by atoms with van der Waals surface area (Å²) in [6.45, 7) is 2.25. The van der Waals surface area contributed by atoms with Gasteiger partial charge in [-0.05, 0) is 24.6 Å². The van der Waals surface area contributed by atoms with Crippen molar-refractivity contribution in [1.29, 1.82) is 0 Å². The summed E-state index contributed by atoms with van der Waals surface area (Å²) in [7, 11) is 2.94. The minimum absolute atomic E-state index is 0.0946. The molecule has 0 aliphatic rings. The number of halogens is 2. The molecule has 0 atom stereocenters. The quantitative estimate of drug-likeness (QED) is 0.490. The minimum Gasteiger partial charge on any atom is -0.493 e. The number of benzene rings is 2. The van der Waals surface area contributed by atoms with Gasteiger partial charge in [0.05, 0.1) is 34.8 Å². The number of carbonyl (C=O) groups is 1. The van der Waals surface area contributed by atoms with Crippen LogP contribution in [-0.4, -0.2) is 36.5 Å². The Morgan fingerprint density at radius 2 is 1.89 bits per heavy atom. The molecule has 0 N–H and O–H groups in total. The average Bonchev–Trinajstić information content (AvgIpc) is 2.63. The van der Waals surface area contributed by atoms with E-state index in [9.17, 15) is 14.9 Å². The number of amides is 1. The van der Waals surface area contributed by atoms with Gasteiger partial charge in [-0.25, -0.2) is 0 Å². The lowest BCUT2D eigenvalue weighted by Crippen LogP contribution is -2.27. The smallest absolute Gasteiger partial charge is 0.286 e. The molecule has 2 rings (SSSR count). The summed E-state index contributed by atoms with van der Waals surface area (Å²) in [5.41, 5.74) is 0.286. The highest BCUT2D eigenvalue weighted by Gasteiger charge is 2.27. The zero-order valence-electron chi connectivity index (χ0n) is 15.0. The molecule has 0 fully saturated rings. The molecule has 0 spiro atoms. The van der Waals surface area contributed by atoms with Crippen LogP contribution < -0.4 is 9.47 Å². The second-order valence-corrected chi connectivity index (χ2v) is 6.43. The number of carbonyl (C=O) groups excluding carboxylic acids is 1. The lowest BCUT2D eigenvalue weighted by molar-refractivity contribution is -0.385. The van der Waals surface area contributed by atoms with E-state index in [4.69, 9.17) is 32.7 Å². The Kier molecular flexibility index (Phi) is 6.87. The van der Waals surface area contributed by atoms with Crippen LogP contribution in [0.1, 0.15) is 22.8 Å². The Hall–Kier alpha value is -2.51. The van der Waals surface area contributed by atoms with Gasteiger partial charge in [-0.3, -0.25) is 14.9 Å². The summed E-state index contributed by atoms with van der Waals surface area (Å²) in [5, 5.41) is 12.2. The van der Waals surface area contributed by atoms with E-state index in [2.05, 4.69) is 0 Å². The zero-order chi connectivity index (χ0) is 20.1. The highest BCUT2D eigenvalue weighted by Crippen LogP contribution is 2.35. The Labute approximate surface area is 166 Å². The summed E-state index contributed by atoms with van der Waals surface area (Å²) in [4.78, 5) is 25.0. The molecule has 0 heterocycles. The van der Waals surface area contributed by atoms with Gasteiger partial charge in [0, 0.05) is 19.7 Å². The number of methoxy groups -OCH3 is 1. The predicted octanol–water partition coefficient (Wildman–Crippen LogP) is 4.58. The van der Waals surface area contributed by atoms with E-state index >= 15 is 0 Å². The molecule has 0 unspecified atom stereocenters. The molecule has 0 bridgehead atoms. The summed E-state index contributed by atoms with van der Waals surface area (Å²) in [5.74, 6) is -0.0850. The van der Waals surface area contributed by atoms with Crippen molar-refractivity contribution in [3.8, 4) is 11.5 Å². The van der Waals surface area contributed by atoms with Crippen molar-refractivity contribution >= 4 is 34.8 Å². The number of nitrogens with zero attached hydrogens (tertiary/aromatic N) is 2. The zero-order valence-corrected chi connectivity index (χ0v) is 16.5. The van der Waals surface area contributed by atoms with Crippen LogP contribution in [0.15, 0.2) is 30.3 Å². The molecule has 144 valence electrons. The molecular weight excluding hydrogens is 395 g/mol. The average molecular weight is 413 g/mol. The molecular formula is C18H18Cl2N2O5. The molecule has 9 heteroatoms. The second kappa shape index (κ2) is 8.92. The number of nitro benzene ring substituents is 1. The molecule has 0 saturated heterocycles. The third-order valence-electron chi connectivity index (χ3n) is 3.76. The summed E-state index contributed by atoms with van der Waals surface area (Å²) < 4.78 is 10.6. The van der Waals surface area contributed by atoms with Gasteiger partial charge in [-0.15, -0.1) is 0 Å². The molecule has 27 heavy (non-hydrogen) atoms. The lowest BCUT2D eigenvalue weighted by atomic mass is 10.1.